The number of rotatable bonds is 6. The molecular formula is C63H39N5. The highest BCUT2D eigenvalue weighted by molar-refractivity contribution is 6.26. The maximum Gasteiger partial charge on any atom is 0.238 e. The Morgan fingerprint density at radius 1 is 0.250 bits per heavy atom. The van der Waals surface area contributed by atoms with E-state index in [1.54, 1.807) is 0 Å². The molecule has 68 heavy (non-hydrogen) atoms. The van der Waals surface area contributed by atoms with Crippen molar-refractivity contribution in [3.8, 4) is 56.7 Å². The van der Waals surface area contributed by atoms with Gasteiger partial charge in [-0.05, 0) is 79.3 Å². The van der Waals surface area contributed by atoms with Gasteiger partial charge in [-0.2, -0.15) is 9.97 Å². The molecule has 0 aliphatic rings. The van der Waals surface area contributed by atoms with E-state index in [1.165, 1.54) is 37.7 Å². The fourth-order valence-electron chi connectivity index (χ4n) is 10.7. The molecular weight excluding hydrogens is 827 g/mol. The van der Waals surface area contributed by atoms with Gasteiger partial charge in [0.1, 0.15) is 0 Å². The molecule has 5 nitrogen and oxygen atoms in total. The predicted molar refractivity (Wildman–Crippen MR) is 283 cm³/mol. The van der Waals surface area contributed by atoms with Gasteiger partial charge in [0.2, 0.25) is 5.95 Å². The van der Waals surface area contributed by atoms with E-state index in [1.807, 2.05) is 24.3 Å². The SMILES string of the molecule is c1ccc(-c2cccc(-c3nc(-c4ccccc4)nc(-n4c5ccccc5c5ccc6c7ccccc7n(-c7ccccc7-c7ccc8c9ccccc9c9ccccc9c8c7)c6c54)n3)c2)cc1. The van der Waals surface area contributed by atoms with Gasteiger partial charge >= 0.3 is 0 Å². The summed E-state index contributed by atoms with van der Waals surface area (Å²) in [5.74, 6) is 1.76. The molecule has 316 valence electrons. The second kappa shape index (κ2) is 15.2. The first kappa shape index (κ1) is 38.1. The molecule has 0 saturated heterocycles. The molecule has 0 fully saturated rings. The van der Waals surface area contributed by atoms with Crippen molar-refractivity contribution in [3.05, 3.63) is 237 Å². The van der Waals surface area contributed by atoms with Gasteiger partial charge in [-0.3, -0.25) is 4.57 Å². The van der Waals surface area contributed by atoms with Crippen LogP contribution in [0.15, 0.2) is 237 Å². The molecule has 0 amide bonds. The number of aromatic nitrogens is 5. The topological polar surface area (TPSA) is 48.5 Å². The van der Waals surface area contributed by atoms with E-state index in [-0.39, 0.29) is 0 Å². The maximum absolute atomic E-state index is 5.44. The first-order chi connectivity index (χ1) is 33.7. The van der Waals surface area contributed by atoms with Crippen LogP contribution in [-0.4, -0.2) is 24.1 Å². The Hall–Kier alpha value is -9.19. The molecule has 3 aromatic heterocycles. The van der Waals surface area contributed by atoms with Gasteiger partial charge in [0.15, 0.2) is 11.6 Å². The van der Waals surface area contributed by atoms with Gasteiger partial charge in [-0.15, -0.1) is 0 Å². The van der Waals surface area contributed by atoms with E-state index in [2.05, 4.69) is 221 Å². The minimum Gasteiger partial charge on any atom is -0.307 e. The number of hydrogen-bond donors (Lipinski definition) is 0. The molecule has 0 spiro atoms. The van der Waals surface area contributed by atoms with E-state index in [0.29, 0.717) is 17.6 Å². The maximum atomic E-state index is 5.44. The average Bonchev–Trinajstić information content (AvgIpc) is 3.94. The molecule has 0 aliphatic heterocycles. The van der Waals surface area contributed by atoms with Gasteiger partial charge in [0, 0.05) is 38.2 Å². The highest BCUT2D eigenvalue weighted by atomic mass is 15.2. The van der Waals surface area contributed by atoms with Crippen molar-refractivity contribution in [2.45, 2.75) is 0 Å². The van der Waals surface area contributed by atoms with Crippen molar-refractivity contribution in [2.75, 3.05) is 0 Å². The Morgan fingerprint density at radius 2 is 0.706 bits per heavy atom. The monoisotopic (exact) mass is 865 g/mol. The summed E-state index contributed by atoms with van der Waals surface area (Å²) in [6.07, 6.45) is 0. The van der Waals surface area contributed by atoms with Gasteiger partial charge in [-0.25, -0.2) is 4.98 Å². The second-order valence-electron chi connectivity index (χ2n) is 17.5. The van der Waals surface area contributed by atoms with Crippen LogP contribution in [0.1, 0.15) is 0 Å². The van der Waals surface area contributed by atoms with Crippen molar-refractivity contribution in [1.29, 1.82) is 0 Å². The van der Waals surface area contributed by atoms with Crippen LogP contribution in [0, 0.1) is 0 Å². The minimum absolute atomic E-state index is 0.552. The van der Waals surface area contributed by atoms with E-state index < -0.39 is 0 Å². The Morgan fingerprint density at radius 3 is 1.37 bits per heavy atom. The summed E-state index contributed by atoms with van der Waals surface area (Å²) in [7, 11) is 0. The van der Waals surface area contributed by atoms with Crippen LogP contribution < -0.4 is 0 Å². The van der Waals surface area contributed by atoms with E-state index >= 15 is 0 Å². The zero-order chi connectivity index (χ0) is 44.7. The Kier molecular flexibility index (Phi) is 8.52. The lowest BCUT2D eigenvalue weighted by molar-refractivity contribution is 0.953. The summed E-state index contributed by atoms with van der Waals surface area (Å²) in [4.78, 5) is 16.0. The molecule has 14 aromatic rings. The zero-order valence-electron chi connectivity index (χ0n) is 36.8. The van der Waals surface area contributed by atoms with Crippen molar-refractivity contribution in [2.24, 2.45) is 0 Å². The molecule has 0 atom stereocenters. The summed E-state index contributed by atoms with van der Waals surface area (Å²) in [5.41, 5.74) is 11.7. The van der Waals surface area contributed by atoms with Crippen LogP contribution in [0.3, 0.4) is 0 Å². The molecule has 14 rings (SSSR count). The normalized spacial score (nSPS) is 11.8. The molecule has 0 saturated carbocycles. The lowest BCUT2D eigenvalue weighted by Gasteiger charge is -2.17. The van der Waals surface area contributed by atoms with E-state index in [9.17, 15) is 0 Å². The van der Waals surface area contributed by atoms with Crippen LogP contribution in [0.2, 0.25) is 0 Å². The van der Waals surface area contributed by atoms with Crippen LogP contribution in [0.25, 0.3) is 133 Å². The Labute approximate surface area is 391 Å². The Balaban J connectivity index is 1.07. The second-order valence-corrected chi connectivity index (χ2v) is 17.5. The highest BCUT2D eigenvalue weighted by Gasteiger charge is 2.25. The lowest BCUT2D eigenvalue weighted by Crippen LogP contribution is -2.07. The molecule has 0 N–H and O–H groups in total. The van der Waals surface area contributed by atoms with E-state index in [4.69, 9.17) is 15.0 Å². The number of nitrogens with zero attached hydrogens (tertiary/aromatic N) is 5. The predicted octanol–water partition coefficient (Wildman–Crippen LogP) is 16.2. The van der Waals surface area contributed by atoms with Gasteiger partial charge in [0.05, 0.1) is 27.8 Å². The summed E-state index contributed by atoms with van der Waals surface area (Å²) in [6, 6.07) is 84.7. The Bertz CT molecular complexity index is 4280. The molecule has 0 aliphatic carbocycles. The minimum atomic E-state index is 0.552. The average molecular weight is 866 g/mol. The third-order valence-electron chi connectivity index (χ3n) is 13.8. The first-order valence-electron chi connectivity index (χ1n) is 23.1. The summed E-state index contributed by atoms with van der Waals surface area (Å²) in [6.45, 7) is 0. The van der Waals surface area contributed by atoms with E-state index in [0.717, 1.165) is 77.3 Å². The van der Waals surface area contributed by atoms with Gasteiger partial charge < -0.3 is 4.57 Å². The number of benzene rings is 11. The van der Waals surface area contributed by atoms with Crippen LogP contribution in [0.5, 0.6) is 0 Å². The summed E-state index contributed by atoms with van der Waals surface area (Å²) in [5, 5.41) is 12.1. The first-order valence-corrected chi connectivity index (χ1v) is 23.1. The molecule has 0 unspecified atom stereocenters. The van der Waals surface area contributed by atoms with Crippen molar-refractivity contribution in [3.63, 3.8) is 0 Å². The number of hydrogen-bond acceptors (Lipinski definition) is 3. The van der Waals surface area contributed by atoms with Gasteiger partial charge in [-0.1, -0.05) is 206 Å². The zero-order valence-corrected chi connectivity index (χ0v) is 36.8. The largest absolute Gasteiger partial charge is 0.307 e. The third kappa shape index (κ3) is 5.86. The number of fused-ring (bicyclic) bond motifs is 13. The molecule has 5 heteroatoms. The van der Waals surface area contributed by atoms with Crippen LogP contribution >= 0.6 is 0 Å². The molecule has 3 heterocycles. The van der Waals surface area contributed by atoms with Crippen molar-refractivity contribution < 1.29 is 0 Å². The summed E-state index contributed by atoms with van der Waals surface area (Å²) < 4.78 is 4.75. The fraction of sp³-hybridized carbons (Fsp3) is 0. The summed E-state index contributed by atoms with van der Waals surface area (Å²) >= 11 is 0. The molecule has 0 radical (unpaired) electrons. The highest BCUT2D eigenvalue weighted by Crippen LogP contribution is 2.44. The number of para-hydroxylation sites is 3. The van der Waals surface area contributed by atoms with Crippen LogP contribution in [-0.2, 0) is 0 Å². The lowest BCUT2D eigenvalue weighted by atomic mass is 9.92. The van der Waals surface area contributed by atoms with Gasteiger partial charge in [0.25, 0.3) is 0 Å². The van der Waals surface area contributed by atoms with Crippen molar-refractivity contribution >= 4 is 75.9 Å². The van der Waals surface area contributed by atoms with Crippen molar-refractivity contribution in [1.82, 2.24) is 24.1 Å². The molecule has 11 aromatic carbocycles. The third-order valence-corrected chi connectivity index (χ3v) is 13.8. The van der Waals surface area contributed by atoms with Crippen LogP contribution in [0.4, 0.5) is 0 Å². The smallest absolute Gasteiger partial charge is 0.238 e. The fourth-order valence-corrected chi connectivity index (χ4v) is 10.7. The quantitative estimate of drug-likeness (QED) is 0.156. The standard InChI is InChI=1S/C63H39N5/c1-3-18-40(19-4-1)42-22-17-23-44(38-42)62-64-61(41-20-5-2-6-21-41)65-63(66-62)68-58-33-16-13-30-52(58)54-37-36-53-51-29-12-15-32-57(51)67(59(53)60(54)68)56-31-14-11-24-45(56)43-34-35-50-48-27-8-7-25-46(48)47-26-9-10-28-49(47)55(50)39-43/h1-39H. The molecule has 0 bridgehead atoms.